The SMILES string of the molecule is Fc1cccc(Cl)c1-c1cc(-c2ccc(-c3noc(C(Cl)Cl)n3)cc2)on1. The molecule has 0 spiro atoms. The average Bonchev–Trinajstić information content (AvgIpc) is 3.32. The summed E-state index contributed by atoms with van der Waals surface area (Å²) in [6.45, 7) is 0. The van der Waals surface area contributed by atoms with E-state index in [0.717, 1.165) is 5.56 Å². The number of rotatable bonds is 4. The van der Waals surface area contributed by atoms with Crippen LogP contribution in [0, 0.1) is 5.82 Å². The molecule has 136 valence electrons. The highest BCUT2D eigenvalue weighted by Gasteiger charge is 2.17. The van der Waals surface area contributed by atoms with E-state index < -0.39 is 10.7 Å². The summed E-state index contributed by atoms with van der Waals surface area (Å²) in [5, 5.41) is 8.00. The third kappa shape index (κ3) is 3.56. The fourth-order valence-corrected chi connectivity index (χ4v) is 2.93. The number of halogens is 4. The molecular formula is C18H9Cl3FN3O2. The summed E-state index contributed by atoms with van der Waals surface area (Å²) < 4.78 is 24.3. The van der Waals surface area contributed by atoms with Crippen molar-refractivity contribution in [3.8, 4) is 34.0 Å². The van der Waals surface area contributed by atoms with Crippen molar-refractivity contribution in [2.24, 2.45) is 0 Å². The van der Waals surface area contributed by atoms with Gasteiger partial charge in [0.2, 0.25) is 5.82 Å². The monoisotopic (exact) mass is 423 g/mol. The number of benzene rings is 2. The maximum absolute atomic E-state index is 14.0. The molecule has 0 radical (unpaired) electrons. The second-order valence-electron chi connectivity index (χ2n) is 5.51. The molecule has 2 aromatic carbocycles. The first kappa shape index (κ1) is 18.0. The topological polar surface area (TPSA) is 65.0 Å². The second kappa shape index (κ2) is 7.31. The van der Waals surface area contributed by atoms with Crippen molar-refractivity contribution >= 4 is 34.8 Å². The van der Waals surface area contributed by atoms with Crippen LogP contribution in [-0.4, -0.2) is 15.3 Å². The highest BCUT2D eigenvalue weighted by atomic mass is 35.5. The average molecular weight is 425 g/mol. The van der Waals surface area contributed by atoms with Crippen LogP contribution >= 0.6 is 34.8 Å². The molecule has 2 aromatic heterocycles. The van der Waals surface area contributed by atoms with Crippen molar-refractivity contribution in [3.05, 3.63) is 65.3 Å². The minimum Gasteiger partial charge on any atom is -0.356 e. The lowest BCUT2D eigenvalue weighted by Crippen LogP contribution is -1.85. The molecule has 0 amide bonds. The Kier molecular flexibility index (Phi) is 4.86. The predicted molar refractivity (Wildman–Crippen MR) is 100 cm³/mol. The minimum absolute atomic E-state index is 0.124. The zero-order valence-electron chi connectivity index (χ0n) is 13.4. The molecule has 2 heterocycles. The fraction of sp³-hybridized carbons (Fsp3) is 0.0556. The summed E-state index contributed by atoms with van der Waals surface area (Å²) in [7, 11) is 0. The highest BCUT2D eigenvalue weighted by molar-refractivity contribution is 6.43. The first-order valence-electron chi connectivity index (χ1n) is 7.66. The molecule has 4 aromatic rings. The van der Waals surface area contributed by atoms with Crippen molar-refractivity contribution in [3.63, 3.8) is 0 Å². The molecule has 0 saturated heterocycles. The number of alkyl halides is 2. The third-order valence-corrected chi connectivity index (χ3v) is 4.47. The standard InChI is InChI=1S/C18H9Cl3FN3O2/c19-11-2-1-3-12(22)15(11)13-8-14(26-24-13)9-4-6-10(7-5-9)17-23-18(16(20)21)27-25-17/h1-8,16H. The van der Waals surface area contributed by atoms with Gasteiger partial charge >= 0.3 is 0 Å². The smallest absolute Gasteiger partial charge is 0.260 e. The van der Waals surface area contributed by atoms with E-state index in [9.17, 15) is 4.39 Å². The summed E-state index contributed by atoms with van der Waals surface area (Å²) in [4.78, 5) is 3.23. The lowest BCUT2D eigenvalue weighted by atomic mass is 10.1. The van der Waals surface area contributed by atoms with Gasteiger partial charge in [-0.3, -0.25) is 0 Å². The Morgan fingerprint density at radius 3 is 2.33 bits per heavy atom. The van der Waals surface area contributed by atoms with Gasteiger partial charge in [-0.1, -0.05) is 75.4 Å². The molecule has 0 atom stereocenters. The number of hydrogen-bond donors (Lipinski definition) is 0. The fourth-order valence-electron chi connectivity index (χ4n) is 2.50. The Bertz CT molecular complexity index is 1070. The molecule has 4 rings (SSSR count). The molecule has 0 bridgehead atoms. The van der Waals surface area contributed by atoms with Gasteiger partial charge in [-0.15, -0.1) is 0 Å². The zero-order chi connectivity index (χ0) is 19.0. The van der Waals surface area contributed by atoms with Crippen molar-refractivity contribution in [2.45, 2.75) is 4.84 Å². The van der Waals surface area contributed by atoms with Crippen LogP contribution in [0.15, 0.2) is 57.6 Å². The van der Waals surface area contributed by atoms with Gasteiger partial charge in [0.15, 0.2) is 10.6 Å². The molecule has 0 unspecified atom stereocenters. The normalized spacial score (nSPS) is 11.3. The van der Waals surface area contributed by atoms with Crippen LogP contribution in [0.2, 0.25) is 5.02 Å². The van der Waals surface area contributed by atoms with Crippen molar-refractivity contribution in [1.29, 1.82) is 0 Å². The Morgan fingerprint density at radius 2 is 1.67 bits per heavy atom. The van der Waals surface area contributed by atoms with Crippen LogP contribution in [-0.2, 0) is 0 Å². The summed E-state index contributed by atoms with van der Waals surface area (Å²) in [5.74, 6) is 0.479. The van der Waals surface area contributed by atoms with Crippen molar-refractivity contribution < 1.29 is 13.4 Å². The third-order valence-electron chi connectivity index (χ3n) is 3.79. The van der Waals surface area contributed by atoms with Gasteiger partial charge in [0, 0.05) is 17.2 Å². The maximum Gasteiger partial charge on any atom is 0.260 e. The number of aromatic nitrogens is 3. The van der Waals surface area contributed by atoms with Gasteiger partial charge in [0.05, 0.1) is 10.6 Å². The summed E-state index contributed by atoms with van der Waals surface area (Å²) in [6, 6.07) is 13.2. The van der Waals surface area contributed by atoms with E-state index in [1.54, 1.807) is 36.4 Å². The molecule has 0 aliphatic heterocycles. The van der Waals surface area contributed by atoms with Gasteiger partial charge in [-0.25, -0.2) is 4.39 Å². The highest BCUT2D eigenvalue weighted by Crippen LogP contribution is 2.33. The van der Waals surface area contributed by atoms with Gasteiger partial charge in [0.25, 0.3) is 5.89 Å². The summed E-state index contributed by atoms with van der Waals surface area (Å²) in [5.41, 5.74) is 1.96. The van der Waals surface area contributed by atoms with Crippen LogP contribution in [0.1, 0.15) is 10.7 Å². The predicted octanol–water partition coefficient (Wildman–Crippen LogP) is 6.33. The van der Waals surface area contributed by atoms with Crippen molar-refractivity contribution in [2.75, 3.05) is 0 Å². The molecule has 0 saturated carbocycles. The van der Waals surface area contributed by atoms with Gasteiger partial charge in [-0.2, -0.15) is 4.98 Å². The Balaban J connectivity index is 1.62. The lowest BCUT2D eigenvalue weighted by molar-refractivity contribution is 0.388. The van der Waals surface area contributed by atoms with E-state index in [1.807, 2.05) is 0 Å². The van der Waals surface area contributed by atoms with Crippen LogP contribution in [0.3, 0.4) is 0 Å². The number of nitrogens with zero attached hydrogens (tertiary/aromatic N) is 3. The van der Waals surface area contributed by atoms with Crippen LogP contribution in [0.25, 0.3) is 34.0 Å². The van der Waals surface area contributed by atoms with E-state index in [1.165, 1.54) is 12.1 Å². The molecule has 5 nitrogen and oxygen atoms in total. The Hall–Kier alpha value is -2.41. The molecule has 0 N–H and O–H groups in total. The van der Waals surface area contributed by atoms with E-state index in [0.29, 0.717) is 22.8 Å². The summed E-state index contributed by atoms with van der Waals surface area (Å²) >= 11 is 17.5. The second-order valence-corrected chi connectivity index (χ2v) is 7.01. The van der Waals surface area contributed by atoms with Crippen LogP contribution in [0.5, 0.6) is 0 Å². The maximum atomic E-state index is 14.0. The minimum atomic E-state index is -0.886. The first-order valence-corrected chi connectivity index (χ1v) is 8.91. The Morgan fingerprint density at radius 1 is 0.926 bits per heavy atom. The molecule has 27 heavy (non-hydrogen) atoms. The molecule has 0 aliphatic rings. The van der Waals surface area contributed by atoms with E-state index in [-0.39, 0.29) is 16.5 Å². The molecular weight excluding hydrogens is 416 g/mol. The van der Waals surface area contributed by atoms with Crippen molar-refractivity contribution in [1.82, 2.24) is 15.3 Å². The molecule has 9 heteroatoms. The molecule has 0 aliphatic carbocycles. The van der Waals surface area contributed by atoms with Gasteiger partial charge in [0.1, 0.15) is 11.5 Å². The zero-order valence-corrected chi connectivity index (χ0v) is 15.6. The van der Waals surface area contributed by atoms with Gasteiger partial charge < -0.3 is 9.05 Å². The van der Waals surface area contributed by atoms with Gasteiger partial charge in [-0.05, 0) is 12.1 Å². The van der Waals surface area contributed by atoms with E-state index in [2.05, 4.69) is 15.3 Å². The van der Waals surface area contributed by atoms with Crippen LogP contribution in [0.4, 0.5) is 4.39 Å². The quantitative estimate of drug-likeness (QED) is 0.358. The van der Waals surface area contributed by atoms with E-state index in [4.69, 9.17) is 43.8 Å². The largest absolute Gasteiger partial charge is 0.356 e. The number of hydrogen-bond acceptors (Lipinski definition) is 5. The van der Waals surface area contributed by atoms with E-state index >= 15 is 0 Å². The lowest BCUT2D eigenvalue weighted by Gasteiger charge is -2.00. The first-order chi connectivity index (χ1) is 13.0. The summed E-state index contributed by atoms with van der Waals surface area (Å²) in [6.07, 6.45) is 0. The Labute approximate surface area is 167 Å². The molecule has 0 fully saturated rings. The van der Waals surface area contributed by atoms with Crippen LogP contribution < -0.4 is 0 Å².